The first-order valence-corrected chi connectivity index (χ1v) is 5.69. The minimum atomic E-state index is 0.0240. The van der Waals surface area contributed by atoms with E-state index >= 15 is 0 Å². The first kappa shape index (κ1) is 12.0. The van der Waals surface area contributed by atoms with Crippen LogP contribution in [-0.2, 0) is 4.74 Å². The fourth-order valence-corrected chi connectivity index (χ4v) is 2.04. The topological polar surface area (TPSA) is 12.5 Å². The van der Waals surface area contributed by atoms with Gasteiger partial charge in [-0.2, -0.15) is 0 Å². The first-order valence-electron chi connectivity index (χ1n) is 5.69. The normalized spacial score (nSPS) is 28.7. The van der Waals surface area contributed by atoms with E-state index in [1.54, 1.807) is 0 Å². The third-order valence-electron chi connectivity index (χ3n) is 3.00. The van der Waals surface area contributed by atoms with Gasteiger partial charge in [0.1, 0.15) is 0 Å². The van der Waals surface area contributed by atoms with Gasteiger partial charge in [-0.1, -0.05) is 0 Å². The highest BCUT2D eigenvalue weighted by atomic mass is 16.5. The van der Waals surface area contributed by atoms with Crippen molar-refractivity contribution in [1.82, 2.24) is 4.90 Å². The van der Waals surface area contributed by atoms with Crippen LogP contribution in [-0.4, -0.2) is 37.2 Å². The zero-order chi connectivity index (χ0) is 10.8. The van der Waals surface area contributed by atoms with Crippen LogP contribution in [0.15, 0.2) is 0 Å². The lowest BCUT2D eigenvalue weighted by Gasteiger charge is -2.23. The standard InChI is InChI=1S/C12H25NO/c1-12(2,3)14-9-10-6-7-11(8-10)13(4)5/h10-11H,6-9H2,1-5H3/t10-,11+/m1/s1. The molecule has 1 rings (SSSR count). The van der Waals surface area contributed by atoms with Gasteiger partial charge in [0.05, 0.1) is 12.2 Å². The van der Waals surface area contributed by atoms with Gasteiger partial charge in [0, 0.05) is 6.04 Å². The summed E-state index contributed by atoms with van der Waals surface area (Å²) in [5.41, 5.74) is 0.0240. The van der Waals surface area contributed by atoms with Gasteiger partial charge in [-0.05, 0) is 60.0 Å². The maximum absolute atomic E-state index is 5.82. The minimum Gasteiger partial charge on any atom is -0.376 e. The van der Waals surface area contributed by atoms with Crippen LogP contribution in [0.5, 0.6) is 0 Å². The second-order valence-corrected chi connectivity index (χ2v) is 5.72. The summed E-state index contributed by atoms with van der Waals surface area (Å²) in [4.78, 5) is 2.34. The molecular weight excluding hydrogens is 174 g/mol. The molecular formula is C12H25NO. The number of hydrogen-bond acceptors (Lipinski definition) is 2. The van der Waals surface area contributed by atoms with Gasteiger partial charge in [-0.3, -0.25) is 0 Å². The third-order valence-corrected chi connectivity index (χ3v) is 3.00. The third kappa shape index (κ3) is 3.97. The van der Waals surface area contributed by atoms with E-state index < -0.39 is 0 Å². The van der Waals surface area contributed by atoms with Crippen LogP contribution in [0.1, 0.15) is 40.0 Å². The molecule has 0 aromatic carbocycles. The Balaban J connectivity index is 2.23. The number of nitrogens with zero attached hydrogens (tertiary/aromatic N) is 1. The molecule has 1 aliphatic carbocycles. The summed E-state index contributed by atoms with van der Waals surface area (Å²) in [5.74, 6) is 0.779. The van der Waals surface area contributed by atoms with Crippen molar-refractivity contribution in [2.24, 2.45) is 5.92 Å². The largest absolute Gasteiger partial charge is 0.376 e. The summed E-state index contributed by atoms with van der Waals surface area (Å²) in [6.07, 6.45) is 3.98. The molecule has 0 spiro atoms. The lowest BCUT2D eigenvalue weighted by molar-refractivity contribution is -0.0218. The van der Waals surface area contributed by atoms with Crippen molar-refractivity contribution >= 4 is 0 Å². The fraction of sp³-hybridized carbons (Fsp3) is 1.00. The van der Waals surface area contributed by atoms with E-state index in [9.17, 15) is 0 Å². The zero-order valence-corrected chi connectivity index (χ0v) is 10.3. The Hall–Kier alpha value is -0.0800. The Morgan fingerprint density at radius 1 is 1.21 bits per heavy atom. The average Bonchev–Trinajstić information content (AvgIpc) is 2.47. The molecule has 0 amide bonds. The van der Waals surface area contributed by atoms with Crippen LogP contribution >= 0.6 is 0 Å². The van der Waals surface area contributed by atoms with E-state index in [0.717, 1.165) is 18.6 Å². The maximum Gasteiger partial charge on any atom is 0.0598 e. The SMILES string of the molecule is CN(C)[C@H]1CC[C@@H](COC(C)(C)C)C1. The summed E-state index contributed by atoms with van der Waals surface area (Å²) in [7, 11) is 4.36. The number of ether oxygens (including phenoxy) is 1. The molecule has 0 N–H and O–H groups in total. The highest BCUT2D eigenvalue weighted by Gasteiger charge is 2.27. The molecule has 14 heavy (non-hydrogen) atoms. The van der Waals surface area contributed by atoms with E-state index in [1.165, 1.54) is 19.3 Å². The van der Waals surface area contributed by atoms with Gasteiger partial charge >= 0.3 is 0 Å². The smallest absolute Gasteiger partial charge is 0.0598 e. The zero-order valence-electron chi connectivity index (χ0n) is 10.3. The van der Waals surface area contributed by atoms with Crippen LogP contribution in [0.25, 0.3) is 0 Å². The van der Waals surface area contributed by atoms with Gasteiger partial charge in [0.25, 0.3) is 0 Å². The van der Waals surface area contributed by atoms with Crippen molar-refractivity contribution in [3.05, 3.63) is 0 Å². The average molecular weight is 199 g/mol. The van der Waals surface area contributed by atoms with Gasteiger partial charge in [0.2, 0.25) is 0 Å². The highest BCUT2D eigenvalue weighted by Crippen LogP contribution is 2.29. The van der Waals surface area contributed by atoms with Crippen molar-refractivity contribution in [3.63, 3.8) is 0 Å². The van der Waals surface area contributed by atoms with Gasteiger partial charge in [0.15, 0.2) is 0 Å². The summed E-state index contributed by atoms with van der Waals surface area (Å²) >= 11 is 0. The van der Waals surface area contributed by atoms with Crippen LogP contribution in [0.3, 0.4) is 0 Å². The molecule has 2 nitrogen and oxygen atoms in total. The van der Waals surface area contributed by atoms with Gasteiger partial charge in [-0.25, -0.2) is 0 Å². The van der Waals surface area contributed by atoms with Crippen LogP contribution in [0.4, 0.5) is 0 Å². The first-order chi connectivity index (χ1) is 6.38. The van der Waals surface area contributed by atoms with Crippen LogP contribution in [0.2, 0.25) is 0 Å². The van der Waals surface area contributed by atoms with Crippen LogP contribution in [0, 0.1) is 5.92 Å². The van der Waals surface area contributed by atoms with E-state index in [0.29, 0.717) is 0 Å². The molecule has 84 valence electrons. The van der Waals surface area contributed by atoms with Crippen molar-refractivity contribution < 1.29 is 4.74 Å². The fourth-order valence-electron chi connectivity index (χ4n) is 2.04. The second-order valence-electron chi connectivity index (χ2n) is 5.72. The monoisotopic (exact) mass is 199 g/mol. The Kier molecular flexibility index (Phi) is 3.96. The lowest BCUT2D eigenvalue weighted by atomic mass is 10.1. The van der Waals surface area contributed by atoms with E-state index in [4.69, 9.17) is 4.74 Å². The Bertz CT molecular complexity index is 172. The van der Waals surface area contributed by atoms with Crippen molar-refractivity contribution in [2.75, 3.05) is 20.7 Å². The van der Waals surface area contributed by atoms with E-state index in [1.807, 2.05) is 0 Å². The summed E-state index contributed by atoms with van der Waals surface area (Å²) in [5, 5.41) is 0. The summed E-state index contributed by atoms with van der Waals surface area (Å²) in [6.45, 7) is 7.33. The molecule has 2 heteroatoms. The molecule has 0 bridgehead atoms. The highest BCUT2D eigenvalue weighted by molar-refractivity contribution is 4.80. The summed E-state index contributed by atoms with van der Waals surface area (Å²) < 4.78 is 5.82. The maximum atomic E-state index is 5.82. The summed E-state index contributed by atoms with van der Waals surface area (Å²) in [6, 6.07) is 0.781. The van der Waals surface area contributed by atoms with Gasteiger partial charge < -0.3 is 9.64 Å². The Morgan fingerprint density at radius 3 is 2.29 bits per heavy atom. The molecule has 1 saturated carbocycles. The van der Waals surface area contributed by atoms with Gasteiger partial charge in [-0.15, -0.1) is 0 Å². The van der Waals surface area contributed by atoms with E-state index in [2.05, 4.69) is 39.8 Å². The quantitative estimate of drug-likeness (QED) is 0.692. The van der Waals surface area contributed by atoms with E-state index in [-0.39, 0.29) is 5.60 Å². The molecule has 1 aliphatic rings. The predicted molar refractivity (Wildman–Crippen MR) is 60.5 cm³/mol. The Morgan fingerprint density at radius 2 is 1.86 bits per heavy atom. The van der Waals surface area contributed by atoms with Crippen molar-refractivity contribution in [2.45, 2.75) is 51.7 Å². The molecule has 0 aliphatic heterocycles. The minimum absolute atomic E-state index is 0.0240. The number of hydrogen-bond donors (Lipinski definition) is 0. The van der Waals surface area contributed by atoms with Crippen molar-refractivity contribution in [1.29, 1.82) is 0 Å². The molecule has 0 aromatic heterocycles. The second kappa shape index (κ2) is 4.63. The Labute approximate surface area is 88.6 Å². The molecule has 0 aromatic rings. The molecule has 0 saturated heterocycles. The molecule has 0 radical (unpaired) electrons. The molecule has 0 heterocycles. The molecule has 2 atom stereocenters. The predicted octanol–water partition coefficient (Wildman–Crippen LogP) is 2.53. The molecule has 0 unspecified atom stereocenters. The van der Waals surface area contributed by atoms with Crippen LogP contribution < -0.4 is 0 Å². The van der Waals surface area contributed by atoms with Crippen molar-refractivity contribution in [3.8, 4) is 0 Å². The lowest BCUT2D eigenvalue weighted by Crippen LogP contribution is -2.26. The molecule has 1 fully saturated rings. The number of rotatable bonds is 3.